The number of fused-ring (bicyclic) bond motifs is 1. The van der Waals surface area contributed by atoms with Crippen LogP contribution in [0.3, 0.4) is 0 Å². The largest absolute Gasteiger partial charge is 0.366 e. The Labute approximate surface area is 109 Å². The van der Waals surface area contributed by atoms with Crippen LogP contribution in [-0.4, -0.2) is 37.2 Å². The molecular weight excluding hydrogens is 228 g/mol. The van der Waals surface area contributed by atoms with Crippen LogP contribution in [0.15, 0.2) is 0 Å². The molecule has 1 amide bonds. The Balaban J connectivity index is 1.48. The first-order chi connectivity index (χ1) is 8.69. The van der Waals surface area contributed by atoms with Crippen molar-refractivity contribution in [1.82, 2.24) is 10.6 Å². The summed E-state index contributed by atoms with van der Waals surface area (Å²) in [4.78, 5) is 11.7. The Morgan fingerprint density at radius 3 is 3.06 bits per heavy atom. The fraction of sp³-hybridized carbons (Fsp3) is 0.929. The van der Waals surface area contributed by atoms with Crippen molar-refractivity contribution in [2.75, 3.05) is 13.2 Å². The molecule has 0 aromatic heterocycles. The van der Waals surface area contributed by atoms with Gasteiger partial charge >= 0.3 is 0 Å². The summed E-state index contributed by atoms with van der Waals surface area (Å²) in [5.74, 6) is 2.42. The van der Waals surface area contributed by atoms with E-state index in [-0.39, 0.29) is 24.7 Å². The van der Waals surface area contributed by atoms with E-state index in [2.05, 4.69) is 17.6 Å². The number of carbonyl (C=O) groups is 1. The molecule has 2 N–H and O–H groups in total. The topological polar surface area (TPSA) is 50.4 Å². The summed E-state index contributed by atoms with van der Waals surface area (Å²) in [7, 11) is 0. The van der Waals surface area contributed by atoms with E-state index >= 15 is 0 Å². The summed E-state index contributed by atoms with van der Waals surface area (Å²) in [6.07, 6.45) is 3.84. The third-order valence-corrected chi connectivity index (χ3v) is 5.11. The number of hydrogen-bond acceptors (Lipinski definition) is 3. The minimum absolute atomic E-state index is 0.0293. The van der Waals surface area contributed by atoms with E-state index in [1.165, 1.54) is 12.8 Å². The Hall–Kier alpha value is -0.610. The van der Waals surface area contributed by atoms with Gasteiger partial charge in [-0.25, -0.2) is 0 Å². The fourth-order valence-corrected chi connectivity index (χ4v) is 4.07. The van der Waals surface area contributed by atoms with Crippen LogP contribution in [0, 0.1) is 17.8 Å². The van der Waals surface area contributed by atoms with Gasteiger partial charge in [-0.1, -0.05) is 6.92 Å². The summed E-state index contributed by atoms with van der Waals surface area (Å²) < 4.78 is 5.90. The van der Waals surface area contributed by atoms with E-state index in [1.54, 1.807) is 0 Å². The summed E-state index contributed by atoms with van der Waals surface area (Å²) in [6, 6.07) is 0.764. The molecule has 4 heteroatoms. The molecule has 2 saturated carbocycles. The first-order valence-corrected chi connectivity index (χ1v) is 7.33. The molecule has 0 radical (unpaired) electrons. The molecule has 1 heterocycles. The van der Waals surface area contributed by atoms with Gasteiger partial charge in [-0.2, -0.15) is 0 Å². The zero-order chi connectivity index (χ0) is 12.7. The monoisotopic (exact) mass is 252 g/mol. The van der Waals surface area contributed by atoms with Gasteiger partial charge < -0.3 is 15.4 Å². The second kappa shape index (κ2) is 4.82. The highest BCUT2D eigenvalue weighted by atomic mass is 16.5. The number of ether oxygens (including phenoxy) is 1. The molecule has 1 saturated heterocycles. The van der Waals surface area contributed by atoms with Gasteiger partial charge in [-0.15, -0.1) is 0 Å². The van der Waals surface area contributed by atoms with Crippen molar-refractivity contribution in [2.24, 2.45) is 17.8 Å². The van der Waals surface area contributed by atoms with E-state index in [1.807, 2.05) is 6.92 Å². The maximum Gasteiger partial charge on any atom is 0.246 e. The lowest BCUT2D eigenvalue weighted by atomic mass is 9.88. The van der Waals surface area contributed by atoms with Crippen LogP contribution >= 0.6 is 0 Å². The average molecular weight is 252 g/mol. The van der Waals surface area contributed by atoms with Crippen LogP contribution in [0.25, 0.3) is 0 Å². The fourth-order valence-electron chi connectivity index (χ4n) is 4.07. The number of rotatable bonds is 5. The third kappa shape index (κ3) is 2.05. The predicted octanol–water partition coefficient (Wildman–Crippen LogP) is 0.914. The molecule has 6 unspecified atom stereocenters. The van der Waals surface area contributed by atoms with Crippen molar-refractivity contribution in [3.63, 3.8) is 0 Å². The number of amides is 1. The van der Waals surface area contributed by atoms with E-state index in [0.29, 0.717) is 12.0 Å². The van der Waals surface area contributed by atoms with Gasteiger partial charge in [0.1, 0.15) is 6.61 Å². The second-order valence-electron chi connectivity index (χ2n) is 6.24. The molecule has 0 spiro atoms. The predicted molar refractivity (Wildman–Crippen MR) is 69.1 cm³/mol. The Bertz CT molecular complexity index is 332. The molecule has 3 fully saturated rings. The van der Waals surface area contributed by atoms with Crippen LogP contribution < -0.4 is 10.6 Å². The van der Waals surface area contributed by atoms with Gasteiger partial charge in [-0.3, -0.25) is 4.79 Å². The maximum atomic E-state index is 11.7. The van der Waals surface area contributed by atoms with Crippen molar-refractivity contribution in [1.29, 1.82) is 0 Å². The first-order valence-electron chi connectivity index (χ1n) is 7.33. The lowest BCUT2D eigenvalue weighted by Crippen LogP contribution is -2.42. The Morgan fingerprint density at radius 1 is 1.44 bits per heavy atom. The lowest BCUT2D eigenvalue weighted by molar-refractivity contribution is -0.129. The van der Waals surface area contributed by atoms with E-state index < -0.39 is 0 Å². The third-order valence-electron chi connectivity index (χ3n) is 5.11. The van der Waals surface area contributed by atoms with Crippen LogP contribution in [0.5, 0.6) is 0 Å². The SMILES string of the molecule is CCC(C)NC(=O)COC1C2CC3CNC1C3C2. The van der Waals surface area contributed by atoms with Crippen LogP contribution in [0.2, 0.25) is 0 Å². The van der Waals surface area contributed by atoms with Crippen molar-refractivity contribution in [3.05, 3.63) is 0 Å². The quantitative estimate of drug-likeness (QED) is 0.765. The van der Waals surface area contributed by atoms with Gasteiger partial charge in [0.2, 0.25) is 5.91 Å². The van der Waals surface area contributed by atoms with Gasteiger partial charge in [0.05, 0.1) is 6.10 Å². The smallest absolute Gasteiger partial charge is 0.246 e. The second-order valence-corrected chi connectivity index (χ2v) is 6.24. The molecule has 18 heavy (non-hydrogen) atoms. The molecule has 3 rings (SSSR count). The number of hydrogen-bond donors (Lipinski definition) is 2. The van der Waals surface area contributed by atoms with Gasteiger partial charge in [-0.05, 0) is 50.5 Å². The molecule has 1 aliphatic heterocycles. The molecule has 4 nitrogen and oxygen atoms in total. The van der Waals surface area contributed by atoms with Crippen LogP contribution in [0.1, 0.15) is 33.1 Å². The molecule has 2 aliphatic carbocycles. The van der Waals surface area contributed by atoms with Gasteiger partial charge in [0.25, 0.3) is 0 Å². The summed E-state index contributed by atoms with van der Waals surface area (Å²) in [5, 5.41) is 6.54. The average Bonchev–Trinajstić information content (AvgIpc) is 2.95. The Morgan fingerprint density at radius 2 is 2.28 bits per heavy atom. The minimum Gasteiger partial charge on any atom is -0.366 e. The van der Waals surface area contributed by atoms with Crippen LogP contribution in [-0.2, 0) is 9.53 Å². The zero-order valence-electron chi connectivity index (χ0n) is 11.3. The highest BCUT2D eigenvalue weighted by Gasteiger charge is 2.56. The summed E-state index contributed by atoms with van der Waals surface area (Å²) >= 11 is 0. The van der Waals surface area contributed by atoms with Crippen LogP contribution in [0.4, 0.5) is 0 Å². The normalized spacial score (nSPS) is 42.2. The number of carbonyl (C=O) groups excluding carboxylic acids is 1. The Kier molecular flexibility index (Phi) is 3.32. The van der Waals surface area contributed by atoms with E-state index in [4.69, 9.17) is 4.74 Å². The minimum atomic E-state index is 0.0293. The highest BCUT2D eigenvalue weighted by molar-refractivity contribution is 5.77. The molecule has 0 aromatic carbocycles. The van der Waals surface area contributed by atoms with Crippen molar-refractivity contribution >= 4 is 5.91 Å². The molecule has 0 aromatic rings. The van der Waals surface area contributed by atoms with Crippen molar-refractivity contribution in [3.8, 4) is 0 Å². The molecule has 2 bridgehead atoms. The molecule has 3 aliphatic rings. The molecule has 102 valence electrons. The molecular formula is C14H24N2O2. The standard InChI is InChI=1S/C14H24N2O2/c1-3-8(2)16-12(17)7-18-14-9-4-10-6-15-13(14)11(10)5-9/h8-11,13-15H,3-7H2,1-2H3,(H,16,17). The number of nitrogens with one attached hydrogen (secondary N) is 2. The van der Waals surface area contributed by atoms with E-state index in [0.717, 1.165) is 24.8 Å². The first kappa shape index (κ1) is 12.4. The summed E-state index contributed by atoms with van der Waals surface area (Å²) in [5.41, 5.74) is 0. The van der Waals surface area contributed by atoms with Crippen molar-refractivity contribution in [2.45, 2.75) is 51.3 Å². The lowest BCUT2D eigenvalue weighted by Gasteiger charge is -2.27. The van der Waals surface area contributed by atoms with Crippen molar-refractivity contribution < 1.29 is 9.53 Å². The van der Waals surface area contributed by atoms with Gasteiger partial charge in [0.15, 0.2) is 0 Å². The summed E-state index contributed by atoms with van der Waals surface area (Å²) in [6.45, 7) is 5.48. The van der Waals surface area contributed by atoms with Gasteiger partial charge in [0, 0.05) is 12.1 Å². The van der Waals surface area contributed by atoms with E-state index in [9.17, 15) is 4.79 Å². The molecule has 6 atom stereocenters. The highest BCUT2D eigenvalue weighted by Crippen LogP contribution is 2.52. The maximum absolute atomic E-state index is 11.7. The zero-order valence-corrected chi connectivity index (χ0v) is 11.3.